The molecule has 84 valence electrons. The van der Waals surface area contributed by atoms with Gasteiger partial charge in [0, 0.05) is 42.8 Å². The number of piperidine rings is 1. The Morgan fingerprint density at radius 1 is 1.53 bits per heavy atom. The smallest absolute Gasteiger partial charge is 0.0534 e. The Labute approximate surface area is 99.6 Å². The highest BCUT2D eigenvalue weighted by Gasteiger charge is 2.23. The van der Waals surface area contributed by atoms with Gasteiger partial charge in [-0.3, -0.25) is 9.58 Å². The van der Waals surface area contributed by atoms with E-state index in [0.29, 0.717) is 10.9 Å². The quantitative estimate of drug-likeness (QED) is 0.769. The third-order valence-corrected chi connectivity index (χ3v) is 3.85. The van der Waals surface area contributed by atoms with Crippen molar-refractivity contribution < 1.29 is 0 Å². The number of halogens is 1. The number of likely N-dealkylation sites (tertiary alicyclic amines) is 1. The number of alkyl halides is 1. The van der Waals surface area contributed by atoms with Gasteiger partial charge in [-0.15, -0.1) is 0 Å². The maximum atomic E-state index is 4.20. The van der Waals surface area contributed by atoms with Crippen LogP contribution in [0.25, 0.3) is 0 Å². The molecule has 0 aliphatic carbocycles. The lowest BCUT2D eigenvalue weighted by Gasteiger charge is -2.35. The zero-order valence-corrected chi connectivity index (χ0v) is 10.9. The van der Waals surface area contributed by atoms with Crippen molar-refractivity contribution in [1.29, 1.82) is 0 Å². The monoisotopic (exact) mass is 271 g/mol. The highest BCUT2D eigenvalue weighted by Crippen LogP contribution is 2.23. The maximum Gasteiger partial charge on any atom is 0.0534 e. The van der Waals surface area contributed by atoms with Crippen LogP contribution >= 0.6 is 15.9 Å². The molecule has 2 unspecified atom stereocenters. The maximum absolute atomic E-state index is 4.20. The second-order valence-corrected chi connectivity index (χ2v) is 5.77. The molecular weight excluding hydrogens is 254 g/mol. The fourth-order valence-electron chi connectivity index (χ4n) is 2.14. The van der Waals surface area contributed by atoms with Crippen LogP contribution in [0, 0.1) is 0 Å². The molecule has 0 amide bonds. The van der Waals surface area contributed by atoms with Crippen molar-refractivity contribution >= 4 is 15.9 Å². The third-order valence-electron chi connectivity index (χ3n) is 3.10. The van der Waals surface area contributed by atoms with Gasteiger partial charge in [0.05, 0.1) is 6.20 Å². The van der Waals surface area contributed by atoms with Gasteiger partial charge in [0.1, 0.15) is 0 Å². The van der Waals surface area contributed by atoms with Gasteiger partial charge in [-0.05, 0) is 19.8 Å². The van der Waals surface area contributed by atoms with E-state index in [4.69, 9.17) is 0 Å². The number of nitrogens with zero attached hydrogens (tertiary/aromatic N) is 3. The Morgan fingerprint density at radius 3 is 3.00 bits per heavy atom. The summed E-state index contributed by atoms with van der Waals surface area (Å²) < 4.78 is 1.87. The lowest BCUT2D eigenvalue weighted by Crippen LogP contribution is -2.41. The molecule has 0 aromatic carbocycles. The Hall–Kier alpha value is -0.350. The molecule has 1 aromatic rings. The Kier molecular flexibility index (Phi) is 3.46. The zero-order chi connectivity index (χ0) is 10.8. The molecule has 0 saturated carbocycles. The largest absolute Gasteiger partial charge is 0.295 e. The highest BCUT2D eigenvalue weighted by molar-refractivity contribution is 9.09. The first-order chi connectivity index (χ1) is 7.15. The number of hydrogen-bond donors (Lipinski definition) is 0. The van der Waals surface area contributed by atoms with Crippen LogP contribution in [-0.2, 0) is 13.6 Å². The highest BCUT2D eigenvalue weighted by atomic mass is 79.9. The molecule has 0 radical (unpaired) electrons. The van der Waals surface area contributed by atoms with Crippen molar-refractivity contribution in [3.8, 4) is 0 Å². The Morgan fingerprint density at radius 2 is 2.33 bits per heavy atom. The van der Waals surface area contributed by atoms with Gasteiger partial charge in [-0.25, -0.2) is 0 Å². The molecule has 2 rings (SSSR count). The van der Waals surface area contributed by atoms with Crippen LogP contribution in [0.5, 0.6) is 0 Å². The summed E-state index contributed by atoms with van der Waals surface area (Å²) in [6.07, 6.45) is 6.65. The fraction of sp³-hybridized carbons (Fsp3) is 0.727. The summed E-state index contributed by atoms with van der Waals surface area (Å²) >= 11 is 3.71. The van der Waals surface area contributed by atoms with Gasteiger partial charge in [-0.1, -0.05) is 15.9 Å². The first kappa shape index (κ1) is 11.1. The summed E-state index contributed by atoms with van der Waals surface area (Å²) in [5.74, 6) is 0. The van der Waals surface area contributed by atoms with Crippen LogP contribution in [0.3, 0.4) is 0 Å². The van der Waals surface area contributed by atoms with E-state index < -0.39 is 0 Å². The van der Waals surface area contributed by atoms with E-state index in [2.05, 4.69) is 39.0 Å². The molecule has 15 heavy (non-hydrogen) atoms. The average molecular weight is 272 g/mol. The topological polar surface area (TPSA) is 21.1 Å². The minimum Gasteiger partial charge on any atom is -0.295 e. The second-order valence-electron chi connectivity index (χ2n) is 4.48. The molecule has 1 saturated heterocycles. The minimum absolute atomic E-state index is 0.658. The van der Waals surface area contributed by atoms with E-state index in [9.17, 15) is 0 Å². The van der Waals surface area contributed by atoms with Gasteiger partial charge in [-0.2, -0.15) is 5.10 Å². The summed E-state index contributed by atoms with van der Waals surface area (Å²) in [4.78, 5) is 3.19. The van der Waals surface area contributed by atoms with Crippen LogP contribution in [0.4, 0.5) is 0 Å². The predicted molar refractivity (Wildman–Crippen MR) is 65.0 cm³/mol. The van der Waals surface area contributed by atoms with Crippen LogP contribution in [0.1, 0.15) is 25.3 Å². The fourth-order valence-corrected chi connectivity index (χ4v) is 2.77. The van der Waals surface area contributed by atoms with Crippen molar-refractivity contribution in [3.63, 3.8) is 0 Å². The standard InChI is InChI=1S/C11H18BrN3/c1-9-3-4-11(12)8-15(9)7-10-5-13-14(2)6-10/h5-6,9,11H,3-4,7-8H2,1-2H3. The SMILES string of the molecule is CC1CCC(Br)CN1Cc1cnn(C)c1. The number of aryl methyl sites for hydroxylation is 1. The Balaban J connectivity index is 1.98. The van der Waals surface area contributed by atoms with Crippen LogP contribution in [0.15, 0.2) is 12.4 Å². The van der Waals surface area contributed by atoms with E-state index in [-0.39, 0.29) is 0 Å². The van der Waals surface area contributed by atoms with E-state index in [1.807, 2.05) is 17.9 Å². The second kappa shape index (κ2) is 4.66. The van der Waals surface area contributed by atoms with Crippen LogP contribution < -0.4 is 0 Å². The minimum atomic E-state index is 0.658. The van der Waals surface area contributed by atoms with Gasteiger partial charge in [0.25, 0.3) is 0 Å². The average Bonchev–Trinajstić information content (AvgIpc) is 2.58. The summed E-state index contributed by atoms with van der Waals surface area (Å²) in [5, 5.41) is 4.20. The summed E-state index contributed by atoms with van der Waals surface area (Å²) in [6.45, 7) is 4.49. The van der Waals surface area contributed by atoms with Gasteiger partial charge >= 0.3 is 0 Å². The lowest BCUT2D eigenvalue weighted by atomic mass is 10.0. The van der Waals surface area contributed by atoms with Crippen LogP contribution in [0.2, 0.25) is 0 Å². The van der Waals surface area contributed by atoms with E-state index in [1.54, 1.807) is 0 Å². The summed E-state index contributed by atoms with van der Waals surface area (Å²) in [7, 11) is 1.97. The molecule has 0 bridgehead atoms. The molecule has 0 spiro atoms. The predicted octanol–water partition coefficient (Wildman–Crippen LogP) is 2.17. The molecular formula is C11H18BrN3. The molecule has 3 nitrogen and oxygen atoms in total. The molecule has 2 heterocycles. The van der Waals surface area contributed by atoms with E-state index in [0.717, 1.165) is 13.1 Å². The lowest BCUT2D eigenvalue weighted by molar-refractivity contribution is 0.158. The van der Waals surface area contributed by atoms with E-state index in [1.165, 1.54) is 18.4 Å². The van der Waals surface area contributed by atoms with Gasteiger partial charge < -0.3 is 0 Å². The number of aromatic nitrogens is 2. The molecule has 0 N–H and O–H groups in total. The normalized spacial score (nSPS) is 28.2. The van der Waals surface area contributed by atoms with Gasteiger partial charge in [0.2, 0.25) is 0 Å². The number of hydrogen-bond acceptors (Lipinski definition) is 2. The zero-order valence-electron chi connectivity index (χ0n) is 9.36. The van der Waals surface area contributed by atoms with Gasteiger partial charge in [0.15, 0.2) is 0 Å². The van der Waals surface area contributed by atoms with Crippen molar-refractivity contribution in [3.05, 3.63) is 18.0 Å². The van der Waals surface area contributed by atoms with Crippen molar-refractivity contribution in [1.82, 2.24) is 14.7 Å². The summed E-state index contributed by atoms with van der Waals surface area (Å²) in [6, 6.07) is 0.694. The molecule has 1 aromatic heterocycles. The first-order valence-corrected chi connectivity index (χ1v) is 6.42. The van der Waals surface area contributed by atoms with E-state index >= 15 is 0 Å². The summed E-state index contributed by atoms with van der Waals surface area (Å²) in [5.41, 5.74) is 1.31. The van der Waals surface area contributed by atoms with Crippen molar-refractivity contribution in [2.45, 2.75) is 37.2 Å². The molecule has 1 aliphatic rings. The van der Waals surface area contributed by atoms with Crippen molar-refractivity contribution in [2.75, 3.05) is 6.54 Å². The molecule has 1 aliphatic heterocycles. The number of rotatable bonds is 2. The molecule has 1 fully saturated rings. The first-order valence-electron chi connectivity index (χ1n) is 5.51. The van der Waals surface area contributed by atoms with Crippen LogP contribution in [-0.4, -0.2) is 32.1 Å². The Bertz CT molecular complexity index is 323. The third kappa shape index (κ3) is 2.82. The molecule has 2 atom stereocenters. The molecule has 4 heteroatoms. The van der Waals surface area contributed by atoms with Crippen molar-refractivity contribution in [2.24, 2.45) is 7.05 Å².